The van der Waals surface area contributed by atoms with Crippen LogP contribution in [0.25, 0.3) is 0 Å². The predicted octanol–water partition coefficient (Wildman–Crippen LogP) is 2.99. The summed E-state index contributed by atoms with van der Waals surface area (Å²) in [7, 11) is 0. The van der Waals surface area contributed by atoms with E-state index in [-0.39, 0.29) is 0 Å². The highest BCUT2D eigenvalue weighted by Gasteiger charge is 2.14. The largest absolute Gasteiger partial charge is 0.490 e. The molecule has 0 atom stereocenters. The molecule has 6 heteroatoms. The number of ether oxygens (including phenoxy) is 2. The molecule has 0 unspecified atom stereocenters. The molecule has 0 aliphatic carbocycles. The van der Waals surface area contributed by atoms with E-state index in [2.05, 4.69) is 15.9 Å². The molecule has 0 bridgehead atoms. The van der Waals surface area contributed by atoms with Crippen LogP contribution in [0.2, 0.25) is 0 Å². The molecule has 1 aromatic carbocycles. The van der Waals surface area contributed by atoms with Gasteiger partial charge in [0.1, 0.15) is 6.61 Å². The molecule has 0 saturated carbocycles. The summed E-state index contributed by atoms with van der Waals surface area (Å²) in [4.78, 5) is 0. The summed E-state index contributed by atoms with van der Waals surface area (Å²) in [6.07, 6.45) is -1.83. The normalized spacial score (nSPS) is 10.8. The van der Waals surface area contributed by atoms with E-state index in [1.165, 1.54) is 0 Å². The van der Waals surface area contributed by atoms with Crippen molar-refractivity contribution in [3.8, 4) is 11.5 Å². The molecule has 0 heterocycles. The molecule has 3 nitrogen and oxygen atoms in total. The number of benzene rings is 1. The van der Waals surface area contributed by atoms with Crippen molar-refractivity contribution in [2.24, 2.45) is 5.73 Å². The second kappa shape index (κ2) is 7.53. The van der Waals surface area contributed by atoms with E-state index < -0.39 is 13.0 Å². The van der Waals surface area contributed by atoms with Crippen molar-refractivity contribution < 1.29 is 18.3 Å². The number of hydrogen-bond acceptors (Lipinski definition) is 3. The first kappa shape index (κ1) is 15.2. The van der Waals surface area contributed by atoms with Gasteiger partial charge in [-0.2, -0.15) is 0 Å². The first-order valence-corrected chi connectivity index (χ1v) is 6.44. The van der Waals surface area contributed by atoms with Crippen LogP contribution in [0.5, 0.6) is 11.5 Å². The fraction of sp³-hybridized carbons (Fsp3) is 0.500. The first-order chi connectivity index (χ1) is 8.58. The third-order valence-corrected chi connectivity index (χ3v) is 2.74. The van der Waals surface area contributed by atoms with E-state index in [0.29, 0.717) is 35.5 Å². The fourth-order valence-corrected chi connectivity index (χ4v) is 2.09. The van der Waals surface area contributed by atoms with Gasteiger partial charge in [0.05, 0.1) is 11.1 Å². The number of hydrogen-bond donors (Lipinski definition) is 1. The Labute approximate surface area is 113 Å². The standard InChI is InChI=1S/C12H16BrF2NO2/c1-2-17-10-6-8(3-4-16)5-9(13)12(10)18-7-11(14)15/h5-6,11H,2-4,7,16H2,1H3. The highest BCUT2D eigenvalue weighted by atomic mass is 79.9. The van der Waals surface area contributed by atoms with Crippen LogP contribution in [0.3, 0.4) is 0 Å². The molecule has 0 aliphatic rings. The van der Waals surface area contributed by atoms with E-state index >= 15 is 0 Å². The lowest BCUT2D eigenvalue weighted by atomic mass is 10.1. The fourth-order valence-electron chi connectivity index (χ4n) is 1.48. The molecule has 18 heavy (non-hydrogen) atoms. The highest BCUT2D eigenvalue weighted by molar-refractivity contribution is 9.10. The topological polar surface area (TPSA) is 44.5 Å². The maximum atomic E-state index is 12.2. The lowest BCUT2D eigenvalue weighted by Gasteiger charge is -2.15. The first-order valence-electron chi connectivity index (χ1n) is 5.64. The quantitative estimate of drug-likeness (QED) is 0.839. The second-order valence-electron chi connectivity index (χ2n) is 3.58. The van der Waals surface area contributed by atoms with Gasteiger partial charge in [-0.25, -0.2) is 8.78 Å². The van der Waals surface area contributed by atoms with E-state index in [0.717, 1.165) is 5.56 Å². The van der Waals surface area contributed by atoms with Crippen LogP contribution in [0.4, 0.5) is 8.78 Å². The van der Waals surface area contributed by atoms with E-state index in [9.17, 15) is 8.78 Å². The van der Waals surface area contributed by atoms with Gasteiger partial charge in [0.15, 0.2) is 11.5 Å². The smallest absolute Gasteiger partial charge is 0.272 e. The molecule has 0 saturated heterocycles. The van der Waals surface area contributed by atoms with Crippen LogP contribution in [-0.4, -0.2) is 26.2 Å². The summed E-state index contributed by atoms with van der Waals surface area (Å²) in [6, 6.07) is 3.57. The maximum absolute atomic E-state index is 12.2. The Morgan fingerprint density at radius 3 is 2.61 bits per heavy atom. The molecule has 1 aromatic rings. The molecule has 102 valence electrons. The highest BCUT2D eigenvalue weighted by Crippen LogP contribution is 2.37. The molecule has 0 amide bonds. The minimum atomic E-state index is -2.52. The second-order valence-corrected chi connectivity index (χ2v) is 4.43. The Balaban J connectivity index is 2.98. The van der Waals surface area contributed by atoms with Crippen molar-refractivity contribution in [2.75, 3.05) is 19.8 Å². The van der Waals surface area contributed by atoms with Crippen molar-refractivity contribution in [1.29, 1.82) is 0 Å². The van der Waals surface area contributed by atoms with E-state index in [1.807, 2.05) is 6.92 Å². The lowest BCUT2D eigenvalue weighted by Crippen LogP contribution is -2.09. The van der Waals surface area contributed by atoms with Gasteiger partial charge in [0.25, 0.3) is 6.43 Å². The summed E-state index contributed by atoms with van der Waals surface area (Å²) in [5.41, 5.74) is 6.45. The summed E-state index contributed by atoms with van der Waals surface area (Å²) >= 11 is 3.30. The summed E-state index contributed by atoms with van der Waals surface area (Å²) < 4.78 is 35.4. The number of rotatable bonds is 7. The van der Waals surface area contributed by atoms with Gasteiger partial charge in [0.2, 0.25) is 0 Å². The third-order valence-electron chi connectivity index (χ3n) is 2.16. The van der Waals surface area contributed by atoms with E-state index in [4.69, 9.17) is 15.2 Å². The van der Waals surface area contributed by atoms with Crippen molar-refractivity contribution >= 4 is 15.9 Å². The predicted molar refractivity (Wildman–Crippen MR) is 69.6 cm³/mol. The van der Waals surface area contributed by atoms with Crippen molar-refractivity contribution in [3.63, 3.8) is 0 Å². The average molecular weight is 324 g/mol. The zero-order chi connectivity index (χ0) is 13.5. The van der Waals surface area contributed by atoms with Gasteiger partial charge in [-0.15, -0.1) is 0 Å². The molecular formula is C12H16BrF2NO2. The monoisotopic (exact) mass is 323 g/mol. The maximum Gasteiger partial charge on any atom is 0.272 e. The van der Waals surface area contributed by atoms with Crippen LogP contribution in [0.15, 0.2) is 16.6 Å². The van der Waals surface area contributed by atoms with Crippen molar-refractivity contribution in [2.45, 2.75) is 19.8 Å². The number of halogens is 3. The van der Waals surface area contributed by atoms with Crippen molar-refractivity contribution in [3.05, 3.63) is 22.2 Å². The molecular weight excluding hydrogens is 308 g/mol. The molecule has 0 aromatic heterocycles. The van der Waals surface area contributed by atoms with Crippen LogP contribution in [0.1, 0.15) is 12.5 Å². The number of nitrogens with two attached hydrogens (primary N) is 1. The molecule has 0 radical (unpaired) electrons. The number of alkyl halides is 2. The molecule has 2 N–H and O–H groups in total. The van der Waals surface area contributed by atoms with Crippen LogP contribution < -0.4 is 15.2 Å². The third kappa shape index (κ3) is 4.42. The zero-order valence-electron chi connectivity index (χ0n) is 10.1. The molecule has 1 rings (SSSR count). The Morgan fingerprint density at radius 2 is 2.06 bits per heavy atom. The van der Waals surface area contributed by atoms with Crippen molar-refractivity contribution in [1.82, 2.24) is 0 Å². The molecule has 0 aliphatic heterocycles. The zero-order valence-corrected chi connectivity index (χ0v) is 11.7. The summed E-state index contributed by atoms with van der Waals surface area (Å²) in [5, 5.41) is 0. The van der Waals surface area contributed by atoms with Crippen LogP contribution in [0, 0.1) is 0 Å². The Morgan fingerprint density at radius 1 is 1.33 bits per heavy atom. The van der Waals surface area contributed by atoms with E-state index in [1.54, 1.807) is 12.1 Å². The van der Waals surface area contributed by atoms with Gasteiger partial charge < -0.3 is 15.2 Å². The molecule has 0 spiro atoms. The van der Waals surface area contributed by atoms with Gasteiger partial charge in [-0.05, 0) is 53.5 Å². The Kier molecular flexibility index (Phi) is 6.35. The molecule has 0 fully saturated rings. The minimum absolute atomic E-state index is 0.304. The lowest BCUT2D eigenvalue weighted by molar-refractivity contribution is 0.0796. The van der Waals surface area contributed by atoms with Gasteiger partial charge >= 0.3 is 0 Å². The van der Waals surface area contributed by atoms with Gasteiger partial charge in [-0.3, -0.25) is 0 Å². The SMILES string of the molecule is CCOc1cc(CCN)cc(Br)c1OCC(F)F. The minimum Gasteiger partial charge on any atom is -0.490 e. The van der Waals surface area contributed by atoms with Crippen LogP contribution in [-0.2, 0) is 6.42 Å². The van der Waals surface area contributed by atoms with Crippen LogP contribution >= 0.6 is 15.9 Å². The summed E-state index contributed by atoms with van der Waals surface area (Å²) in [5.74, 6) is 0.758. The van der Waals surface area contributed by atoms with Gasteiger partial charge in [0, 0.05) is 0 Å². The Bertz CT molecular complexity index is 389. The Hall–Kier alpha value is -0.880. The average Bonchev–Trinajstić information content (AvgIpc) is 2.28. The van der Waals surface area contributed by atoms with Gasteiger partial charge in [-0.1, -0.05) is 0 Å². The summed E-state index contributed by atoms with van der Waals surface area (Å²) in [6.45, 7) is 2.11.